The van der Waals surface area contributed by atoms with Gasteiger partial charge in [0.25, 0.3) is 0 Å². The number of aromatic nitrogens is 2. The van der Waals surface area contributed by atoms with E-state index in [2.05, 4.69) is 20.2 Å². The summed E-state index contributed by atoms with van der Waals surface area (Å²) in [6.45, 7) is 1.40. The number of halogens is 1. The minimum Gasteiger partial charge on any atom is -0.353 e. The van der Waals surface area contributed by atoms with E-state index in [1.807, 2.05) is 25.2 Å². The molecular formula is C18H25ClN4O. The number of aromatic amines is 1. The lowest BCUT2D eigenvalue weighted by Gasteiger charge is -2.23. The molecule has 6 heteroatoms. The maximum atomic E-state index is 12.1. The molecule has 1 fully saturated rings. The van der Waals surface area contributed by atoms with Crippen LogP contribution in [0.5, 0.6) is 0 Å². The van der Waals surface area contributed by atoms with Crippen molar-refractivity contribution in [3.05, 3.63) is 29.0 Å². The van der Waals surface area contributed by atoms with Crippen LogP contribution in [0.2, 0.25) is 5.02 Å². The molecule has 0 saturated heterocycles. The Morgan fingerprint density at radius 3 is 2.96 bits per heavy atom. The summed E-state index contributed by atoms with van der Waals surface area (Å²) in [6, 6.07) is 6.02. The average Bonchev–Trinajstić information content (AvgIpc) is 2.95. The highest BCUT2D eigenvalue weighted by Gasteiger charge is 2.16. The minimum absolute atomic E-state index is 0.158. The Kier molecular flexibility index (Phi) is 5.74. The Labute approximate surface area is 147 Å². The molecule has 0 atom stereocenters. The first-order chi connectivity index (χ1) is 11.6. The van der Waals surface area contributed by atoms with Crippen LogP contribution in [0.4, 0.5) is 0 Å². The molecule has 5 nitrogen and oxygen atoms in total. The number of carbonyl (C=O) groups excluding carboxylic acids is 1. The molecular weight excluding hydrogens is 324 g/mol. The second kappa shape index (κ2) is 7.99. The fourth-order valence-electron chi connectivity index (χ4n) is 3.28. The quantitative estimate of drug-likeness (QED) is 0.840. The molecule has 1 saturated carbocycles. The van der Waals surface area contributed by atoms with Gasteiger partial charge in [-0.3, -0.25) is 9.69 Å². The van der Waals surface area contributed by atoms with Crippen molar-refractivity contribution in [2.75, 3.05) is 13.6 Å². The van der Waals surface area contributed by atoms with Gasteiger partial charge in [0.15, 0.2) is 0 Å². The van der Waals surface area contributed by atoms with Crippen LogP contribution < -0.4 is 5.32 Å². The van der Waals surface area contributed by atoms with Gasteiger partial charge in [-0.1, -0.05) is 30.9 Å². The number of amides is 1. The molecule has 0 spiro atoms. The zero-order chi connectivity index (χ0) is 16.9. The van der Waals surface area contributed by atoms with Crippen molar-refractivity contribution in [2.24, 2.45) is 0 Å². The second-order valence-electron chi connectivity index (χ2n) is 6.74. The summed E-state index contributed by atoms with van der Waals surface area (Å²) in [6.07, 6.45) is 6.56. The van der Waals surface area contributed by atoms with Gasteiger partial charge in [-0.15, -0.1) is 0 Å². The number of fused-ring (bicyclic) bond motifs is 1. The predicted octanol–water partition coefficient (Wildman–Crippen LogP) is 3.49. The third-order valence-corrected chi connectivity index (χ3v) is 4.84. The Balaban J connectivity index is 1.45. The first-order valence-corrected chi connectivity index (χ1v) is 9.10. The Morgan fingerprint density at radius 2 is 2.17 bits per heavy atom. The van der Waals surface area contributed by atoms with E-state index >= 15 is 0 Å². The average molecular weight is 349 g/mol. The van der Waals surface area contributed by atoms with E-state index in [1.54, 1.807) is 0 Å². The first kappa shape index (κ1) is 17.2. The number of hydrogen-bond donors (Lipinski definition) is 2. The number of imidazole rings is 1. The number of nitrogens with zero attached hydrogens (tertiary/aromatic N) is 2. The zero-order valence-electron chi connectivity index (χ0n) is 14.1. The Morgan fingerprint density at radius 1 is 1.38 bits per heavy atom. The van der Waals surface area contributed by atoms with Crippen molar-refractivity contribution < 1.29 is 4.79 Å². The number of nitrogens with one attached hydrogen (secondary N) is 2. The normalized spacial score (nSPS) is 16.0. The molecule has 0 unspecified atom stereocenters. The molecule has 24 heavy (non-hydrogen) atoms. The summed E-state index contributed by atoms with van der Waals surface area (Å²) in [5.41, 5.74) is 1.86. The van der Waals surface area contributed by atoms with Crippen LogP contribution >= 0.6 is 11.6 Å². The minimum atomic E-state index is 0.158. The van der Waals surface area contributed by atoms with E-state index in [1.165, 1.54) is 19.3 Å². The molecule has 1 aromatic carbocycles. The molecule has 0 aliphatic heterocycles. The SMILES string of the molecule is CN(CCC(=O)NC1CCCCC1)Cc1nc2ccc(Cl)cc2[nH]1. The number of rotatable bonds is 6. The van der Waals surface area contributed by atoms with Crippen molar-refractivity contribution in [2.45, 2.75) is 51.1 Å². The highest BCUT2D eigenvalue weighted by molar-refractivity contribution is 6.31. The van der Waals surface area contributed by atoms with Gasteiger partial charge in [-0.25, -0.2) is 4.98 Å². The fraction of sp³-hybridized carbons (Fsp3) is 0.556. The van der Waals surface area contributed by atoms with E-state index in [-0.39, 0.29) is 5.91 Å². The summed E-state index contributed by atoms with van der Waals surface area (Å²) in [7, 11) is 2.01. The third-order valence-electron chi connectivity index (χ3n) is 4.60. The standard InChI is InChI=1S/C18H25ClN4O/c1-23(10-9-18(24)20-14-5-3-2-4-6-14)12-17-21-15-8-7-13(19)11-16(15)22-17/h7-8,11,14H,2-6,9-10,12H2,1H3,(H,20,24)(H,21,22). The largest absolute Gasteiger partial charge is 0.353 e. The van der Waals surface area contributed by atoms with Crippen molar-refractivity contribution >= 4 is 28.5 Å². The molecule has 2 N–H and O–H groups in total. The molecule has 0 radical (unpaired) electrons. The van der Waals surface area contributed by atoms with Gasteiger partial charge in [0.05, 0.1) is 17.6 Å². The molecule has 1 aliphatic rings. The van der Waals surface area contributed by atoms with E-state index in [0.29, 0.717) is 24.0 Å². The Hall–Kier alpha value is -1.59. The first-order valence-electron chi connectivity index (χ1n) is 8.72. The number of benzene rings is 1. The van der Waals surface area contributed by atoms with Crippen LogP contribution in [0, 0.1) is 0 Å². The molecule has 2 aromatic rings. The smallest absolute Gasteiger partial charge is 0.221 e. The summed E-state index contributed by atoms with van der Waals surface area (Å²) < 4.78 is 0. The van der Waals surface area contributed by atoms with Crippen LogP contribution in [-0.2, 0) is 11.3 Å². The van der Waals surface area contributed by atoms with E-state index < -0.39 is 0 Å². The highest BCUT2D eigenvalue weighted by Crippen LogP contribution is 2.18. The van der Waals surface area contributed by atoms with Crippen molar-refractivity contribution in [1.82, 2.24) is 20.2 Å². The van der Waals surface area contributed by atoms with Crippen LogP contribution in [-0.4, -0.2) is 40.4 Å². The summed E-state index contributed by atoms with van der Waals surface area (Å²) >= 11 is 6.00. The molecule has 1 amide bonds. The Bertz CT molecular complexity index is 693. The van der Waals surface area contributed by atoms with Crippen molar-refractivity contribution in [3.8, 4) is 0 Å². The molecule has 1 heterocycles. The fourth-order valence-corrected chi connectivity index (χ4v) is 3.46. The predicted molar refractivity (Wildman–Crippen MR) is 97.1 cm³/mol. The van der Waals surface area contributed by atoms with Gasteiger partial charge >= 0.3 is 0 Å². The summed E-state index contributed by atoms with van der Waals surface area (Å²) in [5.74, 6) is 1.05. The summed E-state index contributed by atoms with van der Waals surface area (Å²) in [4.78, 5) is 22.0. The lowest BCUT2D eigenvalue weighted by atomic mass is 9.95. The van der Waals surface area contributed by atoms with Crippen LogP contribution in [0.25, 0.3) is 11.0 Å². The van der Waals surface area contributed by atoms with Crippen LogP contribution in [0.15, 0.2) is 18.2 Å². The molecule has 130 valence electrons. The van der Waals surface area contributed by atoms with Crippen molar-refractivity contribution in [1.29, 1.82) is 0 Å². The van der Waals surface area contributed by atoms with Gasteiger partial charge in [0.2, 0.25) is 5.91 Å². The topological polar surface area (TPSA) is 61.0 Å². The van der Waals surface area contributed by atoms with Crippen LogP contribution in [0.1, 0.15) is 44.3 Å². The highest BCUT2D eigenvalue weighted by atomic mass is 35.5. The molecule has 0 bridgehead atoms. The van der Waals surface area contributed by atoms with Crippen LogP contribution in [0.3, 0.4) is 0 Å². The van der Waals surface area contributed by atoms with Gasteiger partial charge in [-0.05, 0) is 38.1 Å². The second-order valence-corrected chi connectivity index (χ2v) is 7.17. The molecule has 1 aliphatic carbocycles. The molecule has 3 rings (SSSR count). The van der Waals surface area contributed by atoms with Gasteiger partial charge in [-0.2, -0.15) is 0 Å². The zero-order valence-corrected chi connectivity index (χ0v) is 14.9. The van der Waals surface area contributed by atoms with E-state index in [0.717, 1.165) is 36.2 Å². The number of H-pyrrole nitrogens is 1. The van der Waals surface area contributed by atoms with Gasteiger partial charge in [0, 0.05) is 24.0 Å². The van der Waals surface area contributed by atoms with Gasteiger partial charge in [0.1, 0.15) is 5.82 Å². The monoisotopic (exact) mass is 348 g/mol. The molecule has 1 aromatic heterocycles. The summed E-state index contributed by atoms with van der Waals surface area (Å²) in [5, 5.41) is 3.86. The van der Waals surface area contributed by atoms with Gasteiger partial charge < -0.3 is 10.3 Å². The maximum absolute atomic E-state index is 12.1. The lowest BCUT2D eigenvalue weighted by Crippen LogP contribution is -2.37. The number of carbonyl (C=O) groups is 1. The number of hydrogen-bond acceptors (Lipinski definition) is 3. The lowest BCUT2D eigenvalue weighted by molar-refractivity contribution is -0.122. The van der Waals surface area contributed by atoms with E-state index in [4.69, 9.17) is 11.6 Å². The van der Waals surface area contributed by atoms with E-state index in [9.17, 15) is 4.79 Å². The third kappa shape index (κ3) is 4.71. The van der Waals surface area contributed by atoms with Crippen molar-refractivity contribution in [3.63, 3.8) is 0 Å². The maximum Gasteiger partial charge on any atom is 0.221 e.